The van der Waals surface area contributed by atoms with Crippen molar-refractivity contribution < 1.29 is 18.3 Å². The highest BCUT2D eigenvalue weighted by Gasteiger charge is 2.29. The molecule has 0 aliphatic carbocycles. The third-order valence-corrected chi connectivity index (χ3v) is 5.03. The van der Waals surface area contributed by atoms with Crippen LogP contribution in [0.2, 0.25) is 0 Å². The Morgan fingerprint density at radius 1 is 1.21 bits per heavy atom. The van der Waals surface area contributed by atoms with Crippen LogP contribution in [-0.4, -0.2) is 35.7 Å². The largest absolute Gasteiger partial charge is 0.441 e. The van der Waals surface area contributed by atoms with E-state index in [1.54, 1.807) is 17.0 Å². The van der Waals surface area contributed by atoms with Gasteiger partial charge in [-0.1, -0.05) is 18.2 Å². The normalized spacial score (nSPS) is 16.7. The Hall–Kier alpha value is -3.19. The van der Waals surface area contributed by atoms with E-state index in [9.17, 15) is 9.18 Å². The zero-order chi connectivity index (χ0) is 20.4. The lowest BCUT2D eigenvalue weighted by atomic mass is 10.1. The summed E-state index contributed by atoms with van der Waals surface area (Å²) in [4.78, 5) is 19.1. The molecule has 1 N–H and O–H groups in total. The highest BCUT2D eigenvalue weighted by Crippen LogP contribution is 2.27. The lowest BCUT2D eigenvalue weighted by Gasteiger charge is -2.35. The minimum absolute atomic E-state index is 0.237. The second-order valence-electron chi connectivity index (χ2n) is 7.01. The minimum atomic E-state index is -0.310. The quantitative estimate of drug-likeness (QED) is 0.698. The average molecular weight is 395 g/mol. The van der Waals surface area contributed by atoms with Crippen LogP contribution >= 0.6 is 0 Å². The van der Waals surface area contributed by atoms with E-state index in [0.29, 0.717) is 31.3 Å². The lowest BCUT2D eigenvalue weighted by Crippen LogP contribution is -2.45. The van der Waals surface area contributed by atoms with Crippen LogP contribution in [0, 0.1) is 19.7 Å². The maximum absolute atomic E-state index is 13.3. The van der Waals surface area contributed by atoms with Crippen LogP contribution in [-0.2, 0) is 4.74 Å². The van der Waals surface area contributed by atoms with E-state index in [0.717, 1.165) is 22.6 Å². The van der Waals surface area contributed by atoms with Crippen LogP contribution in [0.5, 0.6) is 0 Å². The second-order valence-corrected chi connectivity index (χ2v) is 7.01. The van der Waals surface area contributed by atoms with Gasteiger partial charge < -0.3 is 19.4 Å². The molecule has 1 atom stereocenters. The summed E-state index contributed by atoms with van der Waals surface area (Å²) in [6, 6.07) is 13.0. The zero-order valence-electron chi connectivity index (χ0n) is 16.3. The monoisotopic (exact) mass is 395 g/mol. The van der Waals surface area contributed by atoms with E-state index in [1.165, 1.54) is 12.1 Å². The van der Waals surface area contributed by atoms with E-state index < -0.39 is 0 Å². The highest BCUT2D eigenvalue weighted by molar-refractivity contribution is 5.90. The third-order valence-electron chi connectivity index (χ3n) is 5.03. The predicted molar refractivity (Wildman–Crippen MR) is 107 cm³/mol. The van der Waals surface area contributed by atoms with Gasteiger partial charge in [-0.05, 0) is 49.7 Å². The molecule has 2 heterocycles. The van der Waals surface area contributed by atoms with Gasteiger partial charge in [-0.15, -0.1) is 0 Å². The Balaban J connectivity index is 1.53. The van der Waals surface area contributed by atoms with Crippen molar-refractivity contribution in [1.82, 2.24) is 9.88 Å². The zero-order valence-corrected chi connectivity index (χ0v) is 16.3. The highest BCUT2D eigenvalue weighted by atomic mass is 19.1. The first-order valence-corrected chi connectivity index (χ1v) is 9.46. The van der Waals surface area contributed by atoms with E-state index >= 15 is 0 Å². The number of morpholine rings is 1. The second kappa shape index (κ2) is 8.05. The van der Waals surface area contributed by atoms with Crippen molar-refractivity contribution in [3.63, 3.8) is 0 Å². The fourth-order valence-electron chi connectivity index (χ4n) is 3.33. The molecule has 1 aliphatic rings. The molecule has 1 unspecified atom stereocenters. The third kappa shape index (κ3) is 4.14. The number of amides is 2. The molecule has 2 aromatic carbocycles. The van der Waals surface area contributed by atoms with Gasteiger partial charge in [0.25, 0.3) is 0 Å². The number of hydrogen-bond acceptors (Lipinski definition) is 4. The number of benzene rings is 2. The SMILES string of the molecule is Cc1nc(-c2cccc(NC(=O)N3CCOCC3c3ccc(F)cc3)c2)oc1C. The number of rotatable bonds is 3. The summed E-state index contributed by atoms with van der Waals surface area (Å²) in [5, 5.41) is 2.94. The van der Waals surface area contributed by atoms with Crippen LogP contribution in [0.4, 0.5) is 14.9 Å². The van der Waals surface area contributed by atoms with E-state index in [1.807, 2.05) is 38.1 Å². The van der Waals surface area contributed by atoms with Gasteiger partial charge in [-0.2, -0.15) is 0 Å². The maximum Gasteiger partial charge on any atom is 0.322 e. The fourth-order valence-corrected chi connectivity index (χ4v) is 3.33. The number of urea groups is 1. The van der Waals surface area contributed by atoms with Crippen LogP contribution in [0.25, 0.3) is 11.5 Å². The van der Waals surface area contributed by atoms with Crippen molar-refractivity contribution in [2.75, 3.05) is 25.1 Å². The van der Waals surface area contributed by atoms with Gasteiger partial charge in [0.2, 0.25) is 5.89 Å². The van der Waals surface area contributed by atoms with E-state index in [2.05, 4.69) is 10.3 Å². The molecule has 150 valence electrons. The first-order valence-electron chi connectivity index (χ1n) is 9.46. The van der Waals surface area contributed by atoms with Gasteiger partial charge in [-0.3, -0.25) is 0 Å². The molecule has 3 aromatic rings. The molecule has 6 nitrogen and oxygen atoms in total. The van der Waals surface area contributed by atoms with Gasteiger partial charge in [0.05, 0.1) is 24.9 Å². The molecule has 1 fully saturated rings. The summed E-state index contributed by atoms with van der Waals surface area (Å²) < 4.78 is 24.5. The average Bonchev–Trinajstić information content (AvgIpc) is 3.07. The molecule has 0 bridgehead atoms. The molecule has 7 heteroatoms. The lowest BCUT2D eigenvalue weighted by molar-refractivity contribution is 0.0147. The van der Waals surface area contributed by atoms with Crippen LogP contribution in [0.15, 0.2) is 52.9 Å². The molecule has 1 aliphatic heterocycles. The van der Waals surface area contributed by atoms with Crippen molar-refractivity contribution in [3.05, 3.63) is 71.4 Å². The van der Waals surface area contributed by atoms with Crippen molar-refractivity contribution in [2.45, 2.75) is 19.9 Å². The number of aryl methyl sites for hydroxylation is 2. The molecule has 1 aromatic heterocycles. The molecule has 1 saturated heterocycles. The number of carbonyl (C=O) groups is 1. The Labute approximate surface area is 168 Å². The topological polar surface area (TPSA) is 67.6 Å². The summed E-state index contributed by atoms with van der Waals surface area (Å²) >= 11 is 0. The van der Waals surface area contributed by atoms with Gasteiger partial charge in [0.1, 0.15) is 11.6 Å². The van der Waals surface area contributed by atoms with Crippen LogP contribution in [0.3, 0.4) is 0 Å². The van der Waals surface area contributed by atoms with Crippen molar-refractivity contribution in [2.24, 2.45) is 0 Å². The minimum Gasteiger partial charge on any atom is -0.441 e. The molecule has 0 radical (unpaired) electrons. The van der Waals surface area contributed by atoms with Crippen molar-refractivity contribution in [1.29, 1.82) is 0 Å². The smallest absolute Gasteiger partial charge is 0.322 e. The maximum atomic E-state index is 13.3. The van der Waals surface area contributed by atoms with E-state index in [-0.39, 0.29) is 17.9 Å². The molecular formula is C22H22FN3O3. The number of hydrogen-bond donors (Lipinski definition) is 1. The number of aromatic nitrogens is 1. The molecule has 4 rings (SSSR count). The van der Waals surface area contributed by atoms with Gasteiger partial charge in [0.15, 0.2) is 0 Å². The fraction of sp³-hybridized carbons (Fsp3) is 0.273. The molecule has 29 heavy (non-hydrogen) atoms. The number of nitrogens with zero attached hydrogens (tertiary/aromatic N) is 2. The number of ether oxygens (including phenoxy) is 1. The Bertz CT molecular complexity index is 997. The Morgan fingerprint density at radius 3 is 2.72 bits per heavy atom. The molecular weight excluding hydrogens is 373 g/mol. The summed E-state index contributed by atoms with van der Waals surface area (Å²) in [5.74, 6) is 0.979. The van der Waals surface area contributed by atoms with Crippen LogP contribution < -0.4 is 5.32 Å². The predicted octanol–water partition coefficient (Wildman–Crippen LogP) is 4.70. The van der Waals surface area contributed by atoms with Gasteiger partial charge in [-0.25, -0.2) is 14.2 Å². The van der Waals surface area contributed by atoms with Gasteiger partial charge >= 0.3 is 6.03 Å². The van der Waals surface area contributed by atoms with Crippen molar-refractivity contribution in [3.8, 4) is 11.5 Å². The van der Waals surface area contributed by atoms with Crippen molar-refractivity contribution >= 4 is 11.7 Å². The standard InChI is InChI=1S/C22H22FN3O3/c1-14-15(2)29-21(24-14)17-4-3-5-19(12-17)25-22(27)26-10-11-28-13-20(26)16-6-8-18(23)9-7-16/h3-9,12,20H,10-11,13H2,1-2H3,(H,25,27). The molecule has 0 spiro atoms. The number of oxazole rings is 1. The summed E-state index contributed by atoms with van der Waals surface area (Å²) in [6.45, 7) is 5.03. The Morgan fingerprint density at radius 2 is 2.00 bits per heavy atom. The number of nitrogens with one attached hydrogen (secondary N) is 1. The number of carbonyl (C=O) groups excluding carboxylic acids is 1. The number of halogens is 1. The summed E-state index contributed by atoms with van der Waals surface area (Å²) in [6.07, 6.45) is 0. The summed E-state index contributed by atoms with van der Waals surface area (Å²) in [5.41, 5.74) is 3.10. The Kier molecular flexibility index (Phi) is 5.31. The summed E-state index contributed by atoms with van der Waals surface area (Å²) in [7, 11) is 0. The first-order chi connectivity index (χ1) is 14.0. The first kappa shape index (κ1) is 19.1. The molecule has 0 saturated carbocycles. The number of anilines is 1. The van der Waals surface area contributed by atoms with E-state index in [4.69, 9.17) is 9.15 Å². The van der Waals surface area contributed by atoms with Gasteiger partial charge in [0, 0.05) is 17.8 Å². The van der Waals surface area contributed by atoms with Crippen LogP contribution in [0.1, 0.15) is 23.1 Å². The molecule has 2 amide bonds.